The molecule has 0 unspecified atom stereocenters. The number of amides is 1. The van der Waals surface area contributed by atoms with E-state index in [0.717, 1.165) is 0 Å². The van der Waals surface area contributed by atoms with Crippen LogP contribution in [-0.2, 0) is 9.59 Å². The Morgan fingerprint density at radius 2 is 2.06 bits per heavy atom. The normalized spacial score (nSPS) is 11.4. The molecule has 98 valence electrons. The van der Waals surface area contributed by atoms with Crippen LogP contribution in [0.15, 0.2) is 24.3 Å². The maximum atomic E-state index is 11.5. The summed E-state index contributed by atoms with van der Waals surface area (Å²) in [6.45, 7) is 1.39. The Hall–Kier alpha value is -2.24. The SMILES string of the molecule is COc1ccccc1NCC(=O)N[C@H](C)C(=O)O. The van der Waals surface area contributed by atoms with Crippen molar-refractivity contribution in [3.05, 3.63) is 24.3 Å². The second kappa shape index (κ2) is 6.48. The van der Waals surface area contributed by atoms with Crippen molar-refractivity contribution in [3.8, 4) is 5.75 Å². The lowest BCUT2D eigenvalue weighted by Crippen LogP contribution is -2.41. The smallest absolute Gasteiger partial charge is 0.325 e. The summed E-state index contributed by atoms with van der Waals surface area (Å²) in [5, 5.41) is 13.9. The molecule has 1 rings (SSSR count). The number of hydrogen-bond donors (Lipinski definition) is 3. The van der Waals surface area contributed by atoms with Crippen molar-refractivity contribution in [2.75, 3.05) is 19.0 Å². The largest absolute Gasteiger partial charge is 0.495 e. The fourth-order valence-electron chi connectivity index (χ4n) is 1.32. The minimum Gasteiger partial charge on any atom is -0.495 e. The summed E-state index contributed by atoms with van der Waals surface area (Å²) >= 11 is 0. The number of aliphatic carboxylic acids is 1. The van der Waals surface area contributed by atoms with Crippen LogP contribution in [0.5, 0.6) is 5.75 Å². The number of carboxylic acids is 1. The van der Waals surface area contributed by atoms with E-state index in [4.69, 9.17) is 9.84 Å². The lowest BCUT2D eigenvalue weighted by Gasteiger charge is -2.12. The van der Waals surface area contributed by atoms with Crippen molar-refractivity contribution in [2.24, 2.45) is 0 Å². The molecular formula is C12H16N2O4. The van der Waals surface area contributed by atoms with E-state index in [0.29, 0.717) is 11.4 Å². The van der Waals surface area contributed by atoms with Gasteiger partial charge in [-0.1, -0.05) is 12.1 Å². The number of carbonyl (C=O) groups is 2. The van der Waals surface area contributed by atoms with Crippen LogP contribution < -0.4 is 15.4 Å². The fourth-order valence-corrected chi connectivity index (χ4v) is 1.32. The Morgan fingerprint density at radius 3 is 2.67 bits per heavy atom. The van der Waals surface area contributed by atoms with Crippen molar-refractivity contribution >= 4 is 17.6 Å². The molecule has 0 aliphatic rings. The van der Waals surface area contributed by atoms with Gasteiger partial charge in [-0.05, 0) is 19.1 Å². The first-order valence-corrected chi connectivity index (χ1v) is 5.43. The van der Waals surface area contributed by atoms with Crippen molar-refractivity contribution in [2.45, 2.75) is 13.0 Å². The number of rotatable bonds is 6. The number of nitrogens with one attached hydrogen (secondary N) is 2. The molecule has 0 saturated heterocycles. The zero-order valence-electron chi connectivity index (χ0n) is 10.3. The minimum absolute atomic E-state index is 0.0159. The molecule has 0 saturated carbocycles. The highest BCUT2D eigenvalue weighted by Gasteiger charge is 2.13. The average molecular weight is 252 g/mol. The molecule has 1 aromatic carbocycles. The molecule has 3 N–H and O–H groups in total. The van der Waals surface area contributed by atoms with Crippen LogP contribution in [0.2, 0.25) is 0 Å². The van der Waals surface area contributed by atoms with E-state index in [1.165, 1.54) is 14.0 Å². The average Bonchev–Trinajstić information content (AvgIpc) is 2.36. The van der Waals surface area contributed by atoms with Gasteiger partial charge >= 0.3 is 5.97 Å². The Labute approximate surface area is 105 Å². The van der Waals surface area contributed by atoms with Crippen molar-refractivity contribution < 1.29 is 19.4 Å². The third-order valence-corrected chi connectivity index (χ3v) is 2.29. The van der Waals surface area contributed by atoms with E-state index >= 15 is 0 Å². The highest BCUT2D eigenvalue weighted by Crippen LogP contribution is 2.22. The summed E-state index contributed by atoms with van der Waals surface area (Å²) in [5.74, 6) is -0.840. The molecule has 0 radical (unpaired) electrons. The molecule has 1 aromatic rings. The summed E-state index contributed by atoms with van der Waals surface area (Å²) in [5.41, 5.74) is 0.679. The Morgan fingerprint density at radius 1 is 1.39 bits per heavy atom. The van der Waals surface area contributed by atoms with Gasteiger partial charge in [0.25, 0.3) is 0 Å². The zero-order chi connectivity index (χ0) is 13.5. The molecular weight excluding hydrogens is 236 g/mol. The van der Waals surface area contributed by atoms with Crippen LogP contribution >= 0.6 is 0 Å². The Kier molecular flexibility index (Phi) is 4.98. The van der Waals surface area contributed by atoms with Gasteiger partial charge < -0.3 is 20.5 Å². The van der Waals surface area contributed by atoms with Crippen LogP contribution in [0.3, 0.4) is 0 Å². The molecule has 1 amide bonds. The third kappa shape index (κ3) is 3.97. The topological polar surface area (TPSA) is 87.7 Å². The molecule has 6 heteroatoms. The molecule has 0 fully saturated rings. The summed E-state index contributed by atoms with van der Waals surface area (Å²) in [6.07, 6.45) is 0. The molecule has 0 aromatic heterocycles. The lowest BCUT2D eigenvalue weighted by molar-refractivity contribution is -0.141. The molecule has 0 bridgehead atoms. The van der Waals surface area contributed by atoms with Gasteiger partial charge in [-0.3, -0.25) is 9.59 Å². The lowest BCUT2D eigenvalue weighted by atomic mass is 10.3. The van der Waals surface area contributed by atoms with Crippen molar-refractivity contribution in [1.29, 1.82) is 0 Å². The monoisotopic (exact) mass is 252 g/mol. The van der Waals surface area contributed by atoms with E-state index in [2.05, 4.69) is 10.6 Å². The number of carboxylic acid groups (broad SMARTS) is 1. The van der Waals surface area contributed by atoms with Crippen LogP contribution in [0, 0.1) is 0 Å². The standard InChI is InChI=1S/C12H16N2O4/c1-8(12(16)17)14-11(15)7-13-9-5-3-4-6-10(9)18-2/h3-6,8,13H,7H2,1-2H3,(H,14,15)(H,16,17)/t8-/m1/s1. The fraction of sp³-hybridized carbons (Fsp3) is 0.333. The zero-order valence-corrected chi connectivity index (χ0v) is 10.3. The van der Waals surface area contributed by atoms with Gasteiger partial charge in [0.1, 0.15) is 11.8 Å². The van der Waals surface area contributed by atoms with Crippen LogP contribution in [0.25, 0.3) is 0 Å². The summed E-state index contributed by atoms with van der Waals surface area (Å²) in [6, 6.07) is 6.25. The van der Waals surface area contributed by atoms with Crippen LogP contribution in [-0.4, -0.2) is 36.7 Å². The maximum Gasteiger partial charge on any atom is 0.325 e. The van der Waals surface area contributed by atoms with Crippen molar-refractivity contribution in [1.82, 2.24) is 5.32 Å². The number of para-hydroxylation sites is 2. The molecule has 18 heavy (non-hydrogen) atoms. The van der Waals surface area contributed by atoms with Gasteiger partial charge in [-0.2, -0.15) is 0 Å². The van der Waals surface area contributed by atoms with Gasteiger partial charge in [0, 0.05) is 0 Å². The maximum absolute atomic E-state index is 11.5. The number of ether oxygens (including phenoxy) is 1. The van der Waals surface area contributed by atoms with E-state index in [9.17, 15) is 9.59 Å². The van der Waals surface area contributed by atoms with Crippen molar-refractivity contribution in [3.63, 3.8) is 0 Å². The van der Waals surface area contributed by atoms with Gasteiger partial charge in [-0.25, -0.2) is 0 Å². The van der Waals surface area contributed by atoms with Gasteiger partial charge in [-0.15, -0.1) is 0 Å². The number of carbonyl (C=O) groups excluding carboxylic acids is 1. The molecule has 0 spiro atoms. The van der Waals surface area contributed by atoms with E-state index in [1.807, 2.05) is 12.1 Å². The minimum atomic E-state index is -1.07. The van der Waals surface area contributed by atoms with E-state index in [-0.39, 0.29) is 6.54 Å². The van der Waals surface area contributed by atoms with Crippen LogP contribution in [0.4, 0.5) is 5.69 Å². The highest BCUT2D eigenvalue weighted by molar-refractivity contribution is 5.86. The molecule has 6 nitrogen and oxygen atoms in total. The molecule has 1 atom stereocenters. The Balaban J connectivity index is 2.50. The van der Waals surface area contributed by atoms with Crippen LogP contribution in [0.1, 0.15) is 6.92 Å². The quantitative estimate of drug-likeness (QED) is 0.693. The first-order valence-electron chi connectivity index (χ1n) is 5.43. The summed E-state index contributed by atoms with van der Waals surface area (Å²) < 4.78 is 5.11. The molecule has 0 aliphatic carbocycles. The van der Waals surface area contributed by atoms with Gasteiger partial charge in [0.2, 0.25) is 5.91 Å². The highest BCUT2D eigenvalue weighted by atomic mass is 16.5. The second-order valence-electron chi connectivity index (χ2n) is 3.68. The number of hydrogen-bond acceptors (Lipinski definition) is 4. The van der Waals surface area contributed by atoms with E-state index in [1.54, 1.807) is 12.1 Å². The number of methoxy groups -OCH3 is 1. The predicted octanol–water partition coefficient (Wildman–Crippen LogP) is 0.696. The predicted molar refractivity (Wildman–Crippen MR) is 66.7 cm³/mol. The first-order chi connectivity index (χ1) is 8.54. The van der Waals surface area contributed by atoms with Gasteiger partial charge in [0.05, 0.1) is 19.3 Å². The number of anilines is 1. The summed E-state index contributed by atoms with van der Waals surface area (Å²) in [4.78, 5) is 22.0. The molecule has 0 aliphatic heterocycles. The first kappa shape index (κ1) is 13.8. The summed E-state index contributed by atoms with van der Waals surface area (Å²) in [7, 11) is 1.53. The van der Waals surface area contributed by atoms with E-state index < -0.39 is 17.9 Å². The second-order valence-corrected chi connectivity index (χ2v) is 3.68. The molecule has 0 heterocycles. The van der Waals surface area contributed by atoms with Gasteiger partial charge in [0.15, 0.2) is 0 Å². The Bertz CT molecular complexity index is 434. The number of benzene rings is 1. The third-order valence-electron chi connectivity index (χ3n) is 2.29.